The van der Waals surface area contributed by atoms with Crippen molar-refractivity contribution in [3.63, 3.8) is 0 Å². The Kier molecular flexibility index (Phi) is 8.48. The number of aromatic carboxylic acids is 2. The van der Waals surface area contributed by atoms with Crippen LogP contribution >= 0.6 is 0 Å². The Morgan fingerprint density at radius 1 is 1.03 bits per heavy atom. The lowest BCUT2D eigenvalue weighted by atomic mass is 9.95. The average Bonchev–Trinajstić information content (AvgIpc) is 3.24. The lowest BCUT2D eigenvalue weighted by Crippen LogP contribution is -2.23. The standard InChI is InChI=1S/C26H18N4O8S/c1-29-20(15-28)24(16-3-5-17(6-4-16)25(31)32)19(14-27)8-10-23-30(11-2-12-39(35,36)37)21-13-18(26(33)34)7-9-22(21)38-23/h3-10,13H,2,11-12H2,(H,31,32)(H,33,34)(H,35,36,37)/b19-8+,23-10-,24-20+. The van der Waals surface area contributed by atoms with Gasteiger partial charge in [-0.05, 0) is 48.4 Å². The molecule has 0 spiro atoms. The first kappa shape index (κ1) is 28.2. The van der Waals surface area contributed by atoms with E-state index >= 15 is 0 Å². The molecule has 0 aromatic heterocycles. The Labute approximate surface area is 222 Å². The maximum Gasteiger partial charge on any atom is 0.335 e. The van der Waals surface area contributed by atoms with E-state index < -0.39 is 33.5 Å². The third-order valence-corrected chi connectivity index (χ3v) is 6.22. The van der Waals surface area contributed by atoms with Crippen molar-refractivity contribution >= 4 is 33.3 Å². The summed E-state index contributed by atoms with van der Waals surface area (Å²) in [6.45, 7) is 7.36. The zero-order valence-electron chi connectivity index (χ0n) is 19.9. The van der Waals surface area contributed by atoms with Gasteiger partial charge in [0, 0.05) is 18.2 Å². The first-order valence-corrected chi connectivity index (χ1v) is 12.6. The van der Waals surface area contributed by atoms with Gasteiger partial charge in [-0.25, -0.2) is 19.7 Å². The molecule has 0 bridgehead atoms. The quantitative estimate of drug-likeness (QED) is 0.180. The molecule has 0 radical (unpaired) electrons. The molecule has 0 aliphatic carbocycles. The fourth-order valence-electron chi connectivity index (χ4n) is 3.66. The number of carbonyl (C=O) groups is 2. The summed E-state index contributed by atoms with van der Waals surface area (Å²) >= 11 is 0. The highest BCUT2D eigenvalue weighted by Gasteiger charge is 2.27. The lowest BCUT2D eigenvalue weighted by Gasteiger charge is -2.18. The molecule has 0 fully saturated rings. The Morgan fingerprint density at radius 3 is 2.18 bits per heavy atom. The van der Waals surface area contributed by atoms with E-state index in [1.54, 1.807) is 6.07 Å². The molecule has 0 atom stereocenters. The highest BCUT2D eigenvalue weighted by atomic mass is 32.2. The zero-order valence-corrected chi connectivity index (χ0v) is 20.7. The van der Waals surface area contributed by atoms with Crippen LogP contribution in [0.5, 0.6) is 5.75 Å². The van der Waals surface area contributed by atoms with Gasteiger partial charge < -0.3 is 19.8 Å². The van der Waals surface area contributed by atoms with Crippen LogP contribution in [0.1, 0.15) is 32.7 Å². The molecule has 3 rings (SSSR count). The fourth-order valence-corrected chi connectivity index (χ4v) is 4.15. The van der Waals surface area contributed by atoms with Crippen molar-refractivity contribution in [3.8, 4) is 17.9 Å². The van der Waals surface area contributed by atoms with Crippen LogP contribution in [0, 0.1) is 29.2 Å². The third-order valence-electron chi connectivity index (χ3n) is 5.42. The van der Waals surface area contributed by atoms with Crippen molar-refractivity contribution in [2.24, 2.45) is 0 Å². The van der Waals surface area contributed by atoms with E-state index in [0.29, 0.717) is 5.69 Å². The van der Waals surface area contributed by atoms with Crippen molar-refractivity contribution < 1.29 is 37.5 Å². The summed E-state index contributed by atoms with van der Waals surface area (Å²) in [7, 11) is -4.27. The second kappa shape index (κ2) is 11.8. The second-order valence-corrected chi connectivity index (χ2v) is 9.48. The molecule has 0 amide bonds. The lowest BCUT2D eigenvalue weighted by molar-refractivity contribution is 0.0686. The molecule has 2 aromatic rings. The molecule has 13 heteroatoms. The van der Waals surface area contributed by atoms with Crippen molar-refractivity contribution in [3.05, 3.63) is 99.9 Å². The summed E-state index contributed by atoms with van der Waals surface area (Å²) in [5, 5.41) is 37.9. The number of ether oxygens (including phenoxy) is 1. The minimum Gasteiger partial charge on any atom is -0.478 e. The highest BCUT2D eigenvalue weighted by Crippen LogP contribution is 2.40. The van der Waals surface area contributed by atoms with Gasteiger partial charge in [-0.1, -0.05) is 12.1 Å². The van der Waals surface area contributed by atoms with Crippen molar-refractivity contribution in [1.29, 1.82) is 10.5 Å². The number of anilines is 1. The third kappa shape index (κ3) is 6.67. The molecule has 39 heavy (non-hydrogen) atoms. The van der Waals surface area contributed by atoms with Crippen LogP contribution in [0.2, 0.25) is 0 Å². The predicted molar refractivity (Wildman–Crippen MR) is 137 cm³/mol. The summed E-state index contributed by atoms with van der Waals surface area (Å²) < 4.78 is 37.3. The first-order valence-electron chi connectivity index (χ1n) is 10.9. The van der Waals surface area contributed by atoms with E-state index in [1.165, 1.54) is 59.5 Å². The minimum absolute atomic E-state index is 0.0116. The molecule has 1 aliphatic heterocycles. The number of carboxylic acids is 2. The topological polar surface area (TPSA) is 193 Å². The van der Waals surface area contributed by atoms with Crippen molar-refractivity contribution in [1.82, 2.24) is 0 Å². The van der Waals surface area contributed by atoms with E-state index in [4.69, 9.17) is 21.0 Å². The van der Waals surface area contributed by atoms with Gasteiger partial charge in [0.15, 0.2) is 5.75 Å². The van der Waals surface area contributed by atoms with Crippen LogP contribution in [0.15, 0.2) is 71.8 Å². The molecule has 0 unspecified atom stereocenters. The van der Waals surface area contributed by atoms with Gasteiger partial charge in [0.05, 0.1) is 46.9 Å². The van der Waals surface area contributed by atoms with E-state index in [0.717, 1.165) is 0 Å². The SMILES string of the molecule is [C-]#[N+]/C(C#N)=C(/C(C#N)=C/C=C1\Oc2ccc(C(=O)O)cc2N1CCCS(=O)(=O)O)c1ccc(C(=O)O)cc1. The Hall–Kier alpha value is -5.42. The van der Waals surface area contributed by atoms with E-state index in [9.17, 15) is 33.6 Å². The number of fused-ring (bicyclic) bond motifs is 1. The Balaban J connectivity index is 2.09. The van der Waals surface area contributed by atoms with Crippen LogP contribution in [0.25, 0.3) is 10.4 Å². The van der Waals surface area contributed by atoms with Crippen molar-refractivity contribution in [2.45, 2.75) is 6.42 Å². The largest absolute Gasteiger partial charge is 0.478 e. The van der Waals surface area contributed by atoms with E-state index in [1.807, 2.05) is 6.07 Å². The zero-order chi connectivity index (χ0) is 28.7. The Bertz CT molecular complexity index is 1650. The molecule has 0 saturated carbocycles. The van der Waals surface area contributed by atoms with Gasteiger partial charge in [0.1, 0.15) is 0 Å². The molecule has 12 nitrogen and oxygen atoms in total. The number of carboxylic acid groups (broad SMARTS) is 2. The molecule has 1 heterocycles. The number of allylic oxidation sites excluding steroid dienone is 5. The van der Waals surface area contributed by atoms with Gasteiger partial charge >= 0.3 is 11.9 Å². The molecular formula is C26H18N4O8S. The van der Waals surface area contributed by atoms with Crippen LogP contribution in [0.3, 0.4) is 0 Å². The van der Waals surface area contributed by atoms with Gasteiger partial charge in [-0.15, -0.1) is 0 Å². The summed E-state index contributed by atoms with van der Waals surface area (Å²) in [5.41, 5.74) is -0.157. The maximum absolute atomic E-state index is 11.5. The number of nitrogens with zero attached hydrogens (tertiary/aromatic N) is 4. The second-order valence-electron chi connectivity index (χ2n) is 7.91. The number of hydrogen-bond acceptors (Lipinski definition) is 8. The van der Waals surface area contributed by atoms with Gasteiger partial charge in [0.2, 0.25) is 5.88 Å². The summed E-state index contributed by atoms with van der Waals surface area (Å²) in [6, 6.07) is 12.9. The number of rotatable bonds is 9. The highest BCUT2D eigenvalue weighted by molar-refractivity contribution is 7.85. The summed E-state index contributed by atoms with van der Waals surface area (Å²) in [4.78, 5) is 27.3. The van der Waals surface area contributed by atoms with Crippen LogP contribution in [0.4, 0.5) is 5.69 Å². The molecule has 2 aromatic carbocycles. The normalized spacial score (nSPS) is 14.4. The summed E-state index contributed by atoms with van der Waals surface area (Å²) in [6.07, 6.45) is 2.54. The first-order chi connectivity index (χ1) is 18.5. The average molecular weight is 547 g/mol. The van der Waals surface area contributed by atoms with Crippen LogP contribution < -0.4 is 9.64 Å². The molecule has 1 aliphatic rings. The number of hydrogen-bond donors (Lipinski definition) is 3. The van der Waals surface area contributed by atoms with E-state index in [2.05, 4.69) is 4.85 Å². The van der Waals surface area contributed by atoms with Crippen LogP contribution in [-0.4, -0.2) is 47.4 Å². The van der Waals surface area contributed by atoms with E-state index in [-0.39, 0.29) is 52.4 Å². The minimum atomic E-state index is -4.27. The molecule has 3 N–H and O–H groups in total. The number of nitriles is 2. The Morgan fingerprint density at radius 2 is 1.64 bits per heavy atom. The van der Waals surface area contributed by atoms with Gasteiger partial charge in [0.25, 0.3) is 15.8 Å². The maximum atomic E-state index is 11.5. The van der Waals surface area contributed by atoms with Crippen LogP contribution in [-0.2, 0) is 10.1 Å². The summed E-state index contributed by atoms with van der Waals surface area (Å²) in [5.74, 6) is -2.62. The predicted octanol–water partition coefficient (Wildman–Crippen LogP) is 3.71. The monoisotopic (exact) mass is 546 g/mol. The van der Waals surface area contributed by atoms with Gasteiger partial charge in [-0.2, -0.15) is 13.7 Å². The smallest absolute Gasteiger partial charge is 0.335 e. The van der Waals surface area contributed by atoms with Gasteiger partial charge in [-0.3, -0.25) is 4.55 Å². The number of benzene rings is 2. The molecule has 0 saturated heterocycles. The molecular weight excluding hydrogens is 528 g/mol. The van der Waals surface area contributed by atoms with Crippen molar-refractivity contribution in [2.75, 3.05) is 17.2 Å². The molecule has 196 valence electrons. The fraction of sp³-hybridized carbons (Fsp3) is 0.115.